The molecular formula is C36H42O6. The van der Waals surface area contributed by atoms with Crippen molar-refractivity contribution in [3.05, 3.63) is 83.9 Å². The van der Waals surface area contributed by atoms with Gasteiger partial charge in [0.25, 0.3) is 0 Å². The summed E-state index contributed by atoms with van der Waals surface area (Å²) in [7, 11) is 0. The van der Waals surface area contributed by atoms with Gasteiger partial charge in [0.15, 0.2) is 0 Å². The summed E-state index contributed by atoms with van der Waals surface area (Å²) in [6.07, 6.45) is 5.48. The standard InChI is InChI=1S/C36H42O6/c1-23-20-36-21-27(23)15-16-28(36)34(3)18-17-30(41-32(38)25-11-7-5-8-12-25)35(4,22-40-24(2)37)29(34)19-31(36)42-33(39)26-13-9-6-10-14-26/h5-14,27-31H,1,15-22H2,2-4H3/t27-,28+,29?,30-,31+,34+,35-,36+/m1/s1. The Hall–Kier alpha value is -3.41. The first kappa shape index (κ1) is 28.7. The highest BCUT2D eigenvalue weighted by molar-refractivity contribution is 5.90. The maximum Gasteiger partial charge on any atom is 0.338 e. The third-order valence-corrected chi connectivity index (χ3v) is 11.5. The van der Waals surface area contributed by atoms with Crippen LogP contribution in [-0.2, 0) is 19.0 Å². The average molecular weight is 571 g/mol. The molecule has 0 heterocycles. The first-order chi connectivity index (χ1) is 20.1. The Labute approximate surface area is 248 Å². The molecule has 0 aliphatic heterocycles. The van der Waals surface area contributed by atoms with E-state index in [1.54, 1.807) is 24.3 Å². The number of allylic oxidation sites excluding steroid dienone is 1. The molecule has 1 spiro atoms. The molecule has 0 aromatic heterocycles. The minimum absolute atomic E-state index is 0.00119. The Bertz CT molecular complexity index is 1370. The monoisotopic (exact) mass is 570 g/mol. The predicted molar refractivity (Wildman–Crippen MR) is 158 cm³/mol. The van der Waals surface area contributed by atoms with Gasteiger partial charge in [0.2, 0.25) is 0 Å². The van der Waals surface area contributed by atoms with Crippen LogP contribution in [-0.4, -0.2) is 36.7 Å². The van der Waals surface area contributed by atoms with Gasteiger partial charge in [-0.2, -0.15) is 0 Å². The molecule has 6 nitrogen and oxygen atoms in total. The Morgan fingerprint density at radius 1 is 0.833 bits per heavy atom. The lowest BCUT2D eigenvalue weighted by Gasteiger charge is -2.66. The van der Waals surface area contributed by atoms with Crippen LogP contribution in [0.5, 0.6) is 0 Å². The van der Waals surface area contributed by atoms with Crippen LogP contribution in [0.15, 0.2) is 72.8 Å². The van der Waals surface area contributed by atoms with Crippen LogP contribution in [0.1, 0.15) is 86.4 Å². The minimum Gasteiger partial charge on any atom is -0.465 e. The van der Waals surface area contributed by atoms with Crippen molar-refractivity contribution in [1.82, 2.24) is 0 Å². The van der Waals surface area contributed by atoms with Crippen LogP contribution in [0.4, 0.5) is 0 Å². The predicted octanol–water partition coefficient (Wildman–Crippen LogP) is 7.19. The largest absolute Gasteiger partial charge is 0.465 e. The van der Waals surface area contributed by atoms with Gasteiger partial charge in [0.05, 0.1) is 11.1 Å². The van der Waals surface area contributed by atoms with E-state index in [9.17, 15) is 14.4 Å². The second-order valence-electron chi connectivity index (χ2n) is 13.7. The van der Waals surface area contributed by atoms with Crippen molar-refractivity contribution >= 4 is 17.9 Å². The van der Waals surface area contributed by atoms with Gasteiger partial charge in [0.1, 0.15) is 18.8 Å². The van der Waals surface area contributed by atoms with Gasteiger partial charge in [-0.25, -0.2) is 9.59 Å². The fourth-order valence-corrected chi connectivity index (χ4v) is 9.61. The number of esters is 3. The van der Waals surface area contributed by atoms with Gasteiger partial charge in [-0.15, -0.1) is 0 Å². The van der Waals surface area contributed by atoms with E-state index in [-0.39, 0.29) is 47.4 Å². The third kappa shape index (κ3) is 4.67. The zero-order valence-corrected chi connectivity index (χ0v) is 25.0. The highest BCUT2D eigenvalue weighted by atomic mass is 16.6. The normalized spacial score (nSPS) is 36.7. The highest BCUT2D eigenvalue weighted by Crippen LogP contribution is 2.73. The molecule has 4 fully saturated rings. The average Bonchev–Trinajstić information content (AvgIpc) is 3.24. The zero-order valence-electron chi connectivity index (χ0n) is 25.0. The number of hydrogen-bond acceptors (Lipinski definition) is 6. The molecule has 2 bridgehead atoms. The van der Waals surface area contributed by atoms with E-state index in [1.807, 2.05) is 36.4 Å². The Morgan fingerprint density at radius 3 is 2.02 bits per heavy atom. The second-order valence-corrected chi connectivity index (χ2v) is 13.7. The van der Waals surface area contributed by atoms with E-state index in [4.69, 9.17) is 14.2 Å². The van der Waals surface area contributed by atoms with Gasteiger partial charge in [-0.05, 0) is 92.4 Å². The van der Waals surface area contributed by atoms with Crippen LogP contribution in [0, 0.1) is 34.0 Å². The molecule has 0 amide bonds. The van der Waals surface area contributed by atoms with Crippen molar-refractivity contribution in [1.29, 1.82) is 0 Å². The maximum absolute atomic E-state index is 13.5. The van der Waals surface area contributed by atoms with Crippen LogP contribution in [0.25, 0.3) is 0 Å². The topological polar surface area (TPSA) is 78.9 Å². The van der Waals surface area contributed by atoms with E-state index in [0.29, 0.717) is 35.8 Å². The van der Waals surface area contributed by atoms with E-state index in [0.717, 1.165) is 32.1 Å². The van der Waals surface area contributed by atoms with Gasteiger partial charge in [-0.3, -0.25) is 4.79 Å². The quantitative estimate of drug-likeness (QED) is 0.208. The zero-order chi connectivity index (χ0) is 29.7. The fourth-order valence-electron chi connectivity index (χ4n) is 9.61. The number of carbonyl (C=O) groups excluding carboxylic acids is 3. The molecule has 0 saturated heterocycles. The molecule has 6 rings (SSSR count). The van der Waals surface area contributed by atoms with E-state index < -0.39 is 11.5 Å². The van der Waals surface area contributed by atoms with Crippen molar-refractivity contribution in [2.45, 2.75) is 77.9 Å². The first-order valence-corrected chi connectivity index (χ1v) is 15.4. The smallest absolute Gasteiger partial charge is 0.338 e. The van der Waals surface area contributed by atoms with Crippen LogP contribution < -0.4 is 0 Å². The van der Waals surface area contributed by atoms with E-state index in [1.165, 1.54) is 12.5 Å². The molecular weight excluding hydrogens is 528 g/mol. The second kappa shape index (κ2) is 10.7. The number of ether oxygens (including phenoxy) is 3. The van der Waals surface area contributed by atoms with Crippen molar-refractivity contribution in [3.63, 3.8) is 0 Å². The summed E-state index contributed by atoms with van der Waals surface area (Å²) in [6.45, 7) is 10.5. The summed E-state index contributed by atoms with van der Waals surface area (Å²) in [5.41, 5.74) is 1.41. The summed E-state index contributed by atoms with van der Waals surface area (Å²) in [5.74, 6) is -0.248. The lowest BCUT2D eigenvalue weighted by atomic mass is 9.40. The molecule has 1 unspecified atom stereocenters. The van der Waals surface area contributed by atoms with Crippen LogP contribution in [0.3, 0.4) is 0 Å². The molecule has 4 saturated carbocycles. The molecule has 4 aliphatic rings. The van der Waals surface area contributed by atoms with Crippen molar-refractivity contribution < 1.29 is 28.6 Å². The lowest BCUT2D eigenvalue weighted by molar-refractivity contribution is -0.232. The molecule has 6 heteroatoms. The first-order valence-electron chi connectivity index (χ1n) is 15.4. The molecule has 222 valence electrons. The molecule has 2 aromatic rings. The molecule has 2 aromatic carbocycles. The van der Waals surface area contributed by atoms with Crippen molar-refractivity contribution in [2.24, 2.45) is 34.0 Å². The fraction of sp³-hybridized carbons (Fsp3) is 0.528. The highest BCUT2D eigenvalue weighted by Gasteiger charge is 2.70. The van der Waals surface area contributed by atoms with Gasteiger partial charge in [0, 0.05) is 17.8 Å². The summed E-state index contributed by atoms with van der Waals surface area (Å²) in [5, 5.41) is 0. The van der Waals surface area contributed by atoms with Gasteiger partial charge in [-0.1, -0.05) is 62.4 Å². The summed E-state index contributed by atoms with van der Waals surface area (Å²) < 4.78 is 18.5. The van der Waals surface area contributed by atoms with Crippen molar-refractivity contribution in [3.8, 4) is 0 Å². The van der Waals surface area contributed by atoms with Gasteiger partial charge >= 0.3 is 17.9 Å². The number of hydrogen-bond donors (Lipinski definition) is 0. The van der Waals surface area contributed by atoms with Crippen molar-refractivity contribution in [2.75, 3.05) is 6.61 Å². The Balaban J connectivity index is 1.38. The lowest BCUT2D eigenvalue weighted by Crippen LogP contribution is -2.66. The molecule has 42 heavy (non-hydrogen) atoms. The molecule has 8 atom stereocenters. The SMILES string of the molecule is C=C1C[C@]23C[C@H]1CC[C@H]2[C@]1(C)CC[C@@H](OC(=O)c2ccccc2)[C@](C)(COC(C)=O)C1C[C@@H]3OC(=O)c1ccccc1. The number of benzene rings is 2. The molecule has 4 aliphatic carbocycles. The minimum atomic E-state index is -0.658. The summed E-state index contributed by atoms with van der Waals surface area (Å²) in [4.78, 5) is 39.0. The van der Waals surface area contributed by atoms with E-state index >= 15 is 0 Å². The number of carbonyl (C=O) groups is 3. The maximum atomic E-state index is 13.5. The van der Waals surface area contributed by atoms with Gasteiger partial charge < -0.3 is 14.2 Å². The summed E-state index contributed by atoms with van der Waals surface area (Å²) >= 11 is 0. The van der Waals surface area contributed by atoms with E-state index in [2.05, 4.69) is 20.4 Å². The summed E-state index contributed by atoms with van der Waals surface area (Å²) in [6, 6.07) is 18.2. The number of rotatable bonds is 6. The molecule has 0 radical (unpaired) electrons. The Morgan fingerprint density at radius 2 is 1.43 bits per heavy atom. The molecule has 0 N–H and O–H groups in total. The number of fused-ring (bicyclic) bond motifs is 3. The Kier molecular flexibility index (Phi) is 7.31. The third-order valence-electron chi connectivity index (χ3n) is 11.5. The van der Waals surface area contributed by atoms with Crippen LogP contribution >= 0.6 is 0 Å². The van der Waals surface area contributed by atoms with Crippen LogP contribution in [0.2, 0.25) is 0 Å².